The van der Waals surface area contributed by atoms with Crippen molar-refractivity contribution in [1.29, 1.82) is 0 Å². The molecule has 0 atom stereocenters. The molecule has 1 amide bonds. The summed E-state index contributed by atoms with van der Waals surface area (Å²) in [5.41, 5.74) is 0. The van der Waals surface area contributed by atoms with Crippen LogP contribution in [0, 0.1) is 0 Å². The van der Waals surface area contributed by atoms with Gasteiger partial charge in [0, 0.05) is 25.8 Å². The van der Waals surface area contributed by atoms with Gasteiger partial charge in [0.15, 0.2) is 0 Å². The fourth-order valence-electron chi connectivity index (χ4n) is 0.843. The number of sulfone groups is 1. The van der Waals surface area contributed by atoms with Gasteiger partial charge in [-0.2, -0.15) is 0 Å². The van der Waals surface area contributed by atoms with E-state index in [9.17, 15) is 13.2 Å². The van der Waals surface area contributed by atoms with Gasteiger partial charge in [-0.05, 0) is 6.54 Å². The minimum absolute atomic E-state index is 0.0000532. The van der Waals surface area contributed by atoms with Gasteiger partial charge in [-0.3, -0.25) is 4.79 Å². The minimum atomic E-state index is -2.98. The molecule has 0 heterocycles. The quantitative estimate of drug-likeness (QED) is 0.550. The van der Waals surface area contributed by atoms with Crippen molar-refractivity contribution < 1.29 is 13.2 Å². The monoisotopic (exact) mass is 222 g/mol. The molecule has 0 fully saturated rings. The highest BCUT2D eigenvalue weighted by Gasteiger charge is 2.03. The van der Waals surface area contributed by atoms with Crippen molar-refractivity contribution in [3.05, 3.63) is 0 Å². The van der Waals surface area contributed by atoms with E-state index in [-0.39, 0.29) is 18.2 Å². The topological polar surface area (TPSA) is 75.3 Å². The second-order valence-electron chi connectivity index (χ2n) is 3.08. The number of amides is 1. The molecule has 0 saturated heterocycles. The van der Waals surface area contributed by atoms with E-state index >= 15 is 0 Å². The Labute approximate surface area is 85.2 Å². The second kappa shape index (κ2) is 6.78. The molecule has 0 aliphatic carbocycles. The molecule has 0 radical (unpaired) electrons. The third-order valence-corrected chi connectivity index (χ3v) is 2.52. The van der Waals surface area contributed by atoms with Crippen molar-refractivity contribution >= 4 is 15.7 Å². The van der Waals surface area contributed by atoms with Gasteiger partial charge in [0.05, 0.1) is 5.75 Å². The van der Waals surface area contributed by atoms with Gasteiger partial charge < -0.3 is 10.6 Å². The summed E-state index contributed by atoms with van der Waals surface area (Å²) in [5.74, 6) is -0.116. The van der Waals surface area contributed by atoms with Gasteiger partial charge in [0.1, 0.15) is 9.84 Å². The van der Waals surface area contributed by atoms with Crippen molar-refractivity contribution in [3.8, 4) is 0 Å². The van der Waals surface area contributed by atoms with Crippen LogP contribution >= 0.6 is 0 Å². The first-order valence-corrected chi connectivity index (χ1v) is 6.67. The number of nitrogens with one attached hydrogen (secondary N) is 2. The van der Waals surface area contributed by atoms with E-state index in [0.29, 0.717) is 13.0 Å². The first-order valence-electron chi connectivity index (χ1n) is 4.61. The predicted octanol–water partition coefficient (Wildman–Crippen LogP) is -0.853. The Hall–Kier alpha value is -0.620. The lowest BCUT2D eigenvalue weighted by molar-refractivity contribution is -0.120. The first-order chi connectivity index (χ1) is 6.45. The average molecular weight is 222 g/mol. The zero-order valence-corrected chi connectivity index (χ0v) is 9.49. The second-order valence-corrected chi connectivity index (χ2v) is 5.34. The summed E-state index contributed by atoms with van der Waals surface area (Å²) in [4.78, 5) is 11.1. The molecule has 6 heteroatoms. The zero-order valence-electron chi connectivity index (χ0n) is 8.67. The number of carbonyl (C=O) groups excluding carboxylic acids is 1. The van der Waals surface area contributed by atoms with Crippen LogP contribution in [0.2, 0.25) is 0 Å². The summed E-state index contributed by atoms with van der Waals surface area (Å²) in [6, 6.07) is 0. The SMILES string of the molecule is CCNCCC(=O)NCCS(C)(=O)=O. The van der Waals surface area contributed by atoms with Crippen LogP contribution in [-0.4, -0.2) is 46.0 Å². The molecule has 5 nitrogen and oxygen atoms in total. The van der Waals surface area contributed by atoms with E-state index < -0.39 is 9.84 Å². The van der Waals surface area contributed by atoms with E-state index in [4.69, 9.17) is 0 Å². The maximum Gasteiger partial charge on any atom is 0.221 e. The Bertz CT molecular complexity index is 262. The molecule has 0 aromatic heterocycles. The molecule has 14 heavy (non-hydrogen) atoms. The number of carbonyl (C=O) groups is 1. The Morgan fingerprint density at radius 3 is 2.43 bits per heavy atom. The molecule has 0 rings (SSSR count). The first kappa shape index (κ1) is 13.4. The summed E-state index contributed by atoms with van der Waals surface area (Å²) >= 11 is 0. The third-order valence-electron chi connectivity index (χ3n) is 1.57. The van der Waals surface area contributed by atoms with Crippen LogP contribution in [0.15, 0.2) is 0 Å². The third kappa shape index (κ3) is 9.47. The van der Waals surface area contributed by atoms with Gasteiger partial charge in [-0.15, -0.1) is 0 Å². The molecule has 0 bridgehead atoms. The van der Waals surface area contributed by atoms with E-state index in [1.165, 1.54) is 0 Å². The van der Waals surface area contributed by atoms with E-state index in [2.05, 4.69) is 10.6 Å². The summed E-state index contributed by atoms with van der Waals surface area (Å²) in [6.45, 7) is 3.61. The van der Waals surface area contributed by atoms with Crippen LogP contribution in [0.3, 0.4) is 0 Å². The van der Waals surface area contributed by atoms with Crippen LogP contribution in [0.25, 0.3) is 0 Å². The highest BCUT2D eigenvalue weighted by atomic mass is 32.2. The van der Waals surface area contributed by atoms with Crippen molar-refractivity contribution in [2.45, 2.75) is 13.3 Å². The molecule has 0 spiro atoms. The molecule has 0 aromatic carbocycles. The smallest absolute Gasteiger partial charge is 0.221 e. The molecular weight excluding hydrogens is 204 g/mol. The van der Waals surface area contributed by atoms with E-state index in [1.807, 2.05) is 6.92 Å². The number of rotatable bonds is 7. The van der Waals surface area contributed by atoms with Gasteiger partial charge >= 0.3 is 0 Å². The molecule has 0 aromatic rings. The standard InChI is InChI=1S/C8H18N2O3S/c1-3-9-5-4-8(11)10-6-7-14(2,12)13/h9H,3-7H2,1-2H3,(H,10,11). The Morgan fingerprint density at radius 1 is 1.29 bits per heavy atom. The Balaban J connectivity index is 3.45. The van der Waals surface area contributed by atoms with Crippen molar-refractivity contribution in [2.24, 2.45) is 0 Å². The molecule has 2 N–H and O–H groups in total. The maximum atomic E-state index is 11.1. The van der Waals surface area contributed by atoms with Gasteiger partial charge in [0.2, 0.25) is 5.91 Å². The summed E-state index contributed by atoms with van der Waals surface area (Å²) < 4.78 is 21.4. The molecule has 0 saturated carbocycles. The lowest BCUT2D eigenvalue weighted by Gasteiger charge is -2.04. The van der Waals surface area contributed by atoms with Crippen LogP contribution in [0.4, 0.5) is 0 Å². The van der Waals surface area contributed by atoms with E-state index in [0.717, 1.165) is 12.8 Å². The predicted molar refractivity (Wildman–Crippen MR) is 55.9 cm³/mol. The molecule has 84 valence electrons. The zero-order chi connectivity index (χ0) is 11.0. The highest BCUT2D eigenvalue weighted by Crippen LogP contribution is 1.81. The Kier molecular flexibility index (Phi) is 6.48. The van der Waals surface area contributed by atoms with Gasteiger partial charge in [-0.25, -0.2) is 8.42 Å². The van der Waals surface area contributed by atoms with Crippen LogP contribution < -0.4 is 10.6 Å². The normalized spacial score (nSPS) is 11.3. The molecule has 0 aliphatic rings. The lowest BCUT2D eigenvalue weighted by Crippen LogP contribution is -2.31. The fraction of sp³-hybridized carbons (Fsp3) is 0.875. The highest BCUT2D eigenvalue weighted by molar-refractivity contribution is 7.90. The van der Waals surface area contributed by atoms with Crippen LogP contribution in [0.1, 0.15) is 13.3 Å². The fourth-order valence-corrected chi connectivity index (χ4v) is 1.32. The minimum Gasteiger partial charge on any atom is -0.355 e. The van der Waals surface area contributed by atoms with Crippen LogP contribution in [0.5, 0.6) is 0 Å². The average Bonchev–Trinajstić information content (AvgIpc) is 2.02. The van der Waals surface area contributed by atoms with Crippen molar-refractivity contribution in [1.82, 2.24) is 10.6 Å². The summed E-state index contributed by atoms with van der Waals surface area (Å²) in [6.07, 6.45) is 1.54. The maximum absolute atomic E-state index is 11.1. The van der Waals surface area contributed by atoms with Crippen LogP contribution in [-0.2, 0) is 14.6 Å². The number of hydrogen-bond acceptors (Lipinski definition) is 4. The molecular formula is C8H18N2O3S. The number of hydrogen-bond donors (Lipinski definition) is 2. The van der Waals surface area contributed by atoms with Gasteiger partial charge in [-0.1, -0.05) is 6.92 Å². The van der Waals surface area contributed by atoms with Crippen molar-refractivity contribution in [2.75, 3.05) is 31.6 Å². The lowest BCUT2D eigenvalue weighted by atomic mass is 10.4. The Morgan fingerprint density at radius 2 is 1.93 bits per heavy atom. The van der Waals surface area contributed by atoms with Gasteiger partial charge in [0.25, 0.3) is 0 Å². The van der Waals surface area contributed by atoms with Crippen molar-refractivity contribution in [3.63, 3.8) is 0 Å². The summed E-state index contributed by atoms with van der Waals surface area (Å²) in [5, 5.41) is 5.55. The largest absolute Gasteiger partial charge is 0.355 e. The van der Waals surface area contributed by atoms with E-state index in [1.54, 1.807) is 0 Å². The summed E-state index contributed by atoms with van der Waals surface area (Å²) in [7, 11) is -2.98. The molecule has 0 aliphatic heterocycles. The molecule has 0 unspecified atom stereocenters.